The Morgan fingerprint density at radius 2 is 2.11 bits per heavy atom. The first kappa shape index (κ1) is 19.8. The van der Waals surface area contributed by atoms with Gasteiger partial charge in [0.2, 0.25) is 5.82 Å². The van der Waals surface area contributed by atoms with Crippen molar-refractivity contribution in [2.75, 3.05) is 16.6 Å². The summed E-state index contributed by atoms with van der Waals surface area (Å²) >= 11 is 1.48. The van der Waals surface area contributed by atoms with Crippen LogP contribution in [-0.2, 0) is 4.74 Å². The monoisotopic (exact) mass is 422 g/mol. The molecular weight excluding hydrogens is 399 g/mol. The van der Waals surface area contributed by atoms with Crippen LogP contribution >= 0.6 is 20.1 Å². The lowest BCUT2D eigenvalue weighted by Crippen LogP contribution is -2.17. The number of anilines is 1. The van der Waals surface area contributed by atoms with Crippen molar-refractivity contribution in [1.29, 1.82) is 5.26 Å². The second-order valence-electron chi connectivity index (χ2n) is 7.12. The SMILES string of the molecule is N#Cc1nc(NC2CCCC2)c2cnn(C3CCC(CSCP(O)O)O3)c2n1. The molecule has 3 heterocycles. The molecule has 2 fully saturated rings. The number of nitrogens with zero attached hydrogens (tertiary/aromatic N) is 5. The molecule has 150 valence electrons. The predicted octanol–water partition coefficient (Wildman–Crippen LogP) is 2.72. The Kier molecular flexibility index (Phi) is 6.28. The van der Waals surface area contributed by atoms with E-state index in [4.69, 9.17) is 14.5 Å². The first-order valence-corrected chi connectivity index (χ1v) is 12.0. The fraction of sp³-hybridized carbons (Fsp3) is 0.647. The molecule has 2 aliphatic rings. The summed E-state index contributed by atoms with van der Waals surface area (Å²) in [4.78, 5) is 26.8. The summed E-state index contributed by atoms with van der Waals surface area (Å²) in [7, 11) is -1.87. The molecule has 0 radical (unpaired) electrons. The Labute approximate surface area is 168 Å². The van der Waals surface area contributed by atoms with E-state index >= 15 is 0 Å². The lowest BCUT2D eigenvalue weighted by molar-refractivity contribution is 0.00786. The van der Waals surface area contributed by atoms with Crippen molar-refractivity contribution in [2.45, 2.75) is 56.9 Å². The lowest BCUT2D eigenvalue weighted by atomic mass is 10.2. The average molecular weight is 422 g/mol. The minimum absolute atomic E-state index is 0.0394. The van der Waals surface area contributed by atoms with E-state index < -0.39 is 8.38 Å². The number of ether oxygens (including phenoxy) is 1. The Bertz CT molecular complexity index is 866. The van der Waals surface area contributed by atoms with Crippen molar-refractivity contribution in [3.8, 4) is 6.07 Å². The molecule has 28 heavy (non-hydrogen) atoms. The predicted molar refractivity (Wildman–Crippen MR) is 108 cm³/mol. The number of rotatable bonds is 7. The summed E-state index contributed by atoms with van der Waals surface area (Å²) in [5.41, 5.74) is 0.944. The van der Waals surface area contributed by atoms with E-state index in [1.54, 1.807) is 10.9 Å². The minimum Gasteiger partial charge on any atom is -0.367 e. The number of thioether (sulfide) groups is 1. The lowest BCUT2D eigenvalue weighted by Gasteiger charge is -2.16. The Morgan fingerprint density at radius 3 is 2.86 bits per heavy atom. The van der Waals surface area contributed by atoms with Crippen molar-refractivity contribution < 1.29 is 14.5 Å². The molecule has 1 saturated carbocycles. The highest BCUT2D eigenvalue weighted by Crippen LogP contribution is 2.35. The number of fused-ring (bicyclic) bond motifs is 1. The smallest absolute Gasteiger partial charge is 0.236 e. The highest BCUT2D eigenvalue weighted by molar-refractivity contribution is 8.03. The van der Waals surface area contributed by atoms with Gasteiger partial charge in [-0.25, -0.2) is 9.67 Å². The summed E-state index contributed by atoms with van der Waals surface area (Å²) in [5.74, 6) is 1.51. The van der Waals surface area contributed by atoms with Crippen molar-refractivity contribution in [1.82, 2.24) is 19.7 Å². The number of nitriles is 1. The van der Waals surface area contributed by atoms with Gasteiger partial charge in [0, 0.05) is 11.8 Å². The first-order valence-electron chi connectivity index (χ1n) is 9.44. The third-order valence-corrected chi connectivity index (χ3v) is 7.38. The molecule has 1 saturated heterocycles. The second-order valence-corrected chi connectivity index (χ2v) is 9.64. The molecule has 0 spiro atoms. The van der Waals surface area contributed by atoms with Crippen LogP contribution in [0.4, 0.5) is 5.82 Å². The van der Waals surface area contributed by atoms with Crippen molar-refractivity contribution in [2.24, 2.45) is 0 Å². The van der Waals surface area contributed by atoms with Gasteiger partial charge in [0.1, 0.15) is 11.9 Å². The van der Waals surface area contributed by atoms with Gasteiger partial charge in [-0.15, -0.1) is 11.8 Å². The van der Waals surface area contributed by atoms with Gasteiger partial charge in [0.25, 0.3) is 0 Å². The molecule has 1 aliphatic carbocycles. The van der Waals surface area contributed by atoms with Gasteiger partial charge in [-0.1, -0.05) is 12.8 Å². The Morgan fingerprint density at radius 1 is 1.29 bits per heavy atom. The first-order chi connectivity index (χ1) is 13.6. The van der Waals surface area contributed by atoms with Gasteiger partial charge in [-0.2, -0.15) is 15.3 Å². The summed E-state index contributed by atoms with van der Waals surface area (Å²) in [6, 6.07) is 2.42. The van der Waals surface area contributed by atoms with E-state index in [0.29, 0.717) is 28.8 Å². The molecule has 11 heteroatoms. The Hall–Kier alpha value is -1.50. The summed E-state index contributed by atoms with van der Waals surface area (Å²) in [5, 5.41) is 18.1. The van der Waals surface area contributed by atoms with E-state index in [2.05, 4.69) is 20.4 Å². The second kappa shape index (κ2) is 8.89. The van der Waals surface area contributed by atoms with E-state index in [-0.39, 0.29) is 18.2 Å². The van der Waals surface area contributed by atoms with E-state index in [0.717, 1.165) is 31.1 Å². The molecule has 9 nitrogen and oxygen atoms in total. The summed E-state index contributed by atoms with van der Waals surface area (Å²) in [6.45, 7) is 0. The fourth-order valence-corrected chi connectivity index (χ4v) is 5.40. The van der Waals surface area contributed by atoms with Crippen molar-refractivity contribution in [3.63, 3.8) is 0 Å². The third-order valence-electron chi connectivity index (χ3n) is 5.12. The third kappa shape index (κ3) is 4.39. The van der Waals surface area contributed by atoms with Crippen molar-refractivity contribution >= 4 is 37.0 Å². The van der Waals surface area contributed by atoms with E-state index in [1.807, 2.05) is 6.07 Å². The van der Waals surface area contributed by atoms with Gasteiger partial charge in [-0.3, -0.25) is 0 Å². The van der Waals surface area contributed by atoms with Crippen LogP contribution < -0.4 is 5.32 Å². The summed E-state index contributed by atoms with van der Waals surface area (Å²) < 4.78 is 7.85. The van der Waals surface area contributed by atoms with Gasteiger partial charge in [-0.05, 0) is 25.7 Å². The molecule has 4 rings (SSSR count). The maximum Gasteiger partial charge on any atom is 0.236 e. The molecule has 2 atom stereocenters. The number of hydrogen-bond acceptors (Lipinski definition) is 9. The highest BCUT2D eigenvalue weighted by Gasteiger charge is 2.29. The zero-order valence-corrected chi connectivity index (χ0v) is 17.1. The molecule has 2 aromatic heterocycles. The Balaban J connectivity index is 1.53. The van der Waals surface area contributed by atoms with E-state index in [9.17, 15) is 5.26 Å². The standard InChI is InChI=1S/C17H23N6O3PS/c18-7-14-21-16(20-11-3-1-2-4-11)13-8-19-23(17(13)22-14)15-6-5-12(26-15)9-28-10-27(24)25/h8,11-12,15,24-25H,1-6,9-10H2,(H,20,21,22). The number of nitrogens with one attached hydrogen (secondary N) is 1. The van der Waals surface area contributed by atoms with Crippen LogP contribution in [-0.4, -0.2) is 52.9 Å². The van der Waals surface area contributed by atoms with Crippen LogP contribution in [0, 0.1) is 11.3 Å². The molecule has 0 amide bonds. The van der Waals surface area contributed by atoms with Crippen LogP contribution in [0.15, 0.2) is 6.20 Å². The molecule has 2 unspecified atom stereocenters. The highest BCUT2D eigenvalue weighted by atomic mass is 32.2. The minimum atomic E-state index is -1.87. The average Bonchev–Trinajstić information content (AvgIpc) is 3.41. The summed E-state index contributed by atoms with van der Waals surface area (Å²) in [6.07, 6.45) is 7.84. The number of hydrogen-bond donors (Lipinski definition) is 3. The van der Waals surface area contributed by atoms with Crippen LogP contribution in [0.25, 0.3) is 11.0 Å². The van der Waals surface area contributed by atoms with Gasteiger partial charge in [0.05, 0.1) is 23.2 Å². The molecule has 0 aromatic carbocycles. The molecule has 3 N–H and O–H groups in total. The van der Waals surface area contributed by atoms with Gasteiger partial charge >= 0.3 is 0 Å². The molecule has 2 aromatic rings. The fourth-order valence-electron chi connectivity index (χ4n) is 3.82. The van der Waals surface area contributed by atoms with Gasteiger partial charge < -0.3 is 19.8 Å². The topological polar surface area (TPSA) is 129 Å². The zero-order valence-electron chi connectivity index (χ0n) is 15.4. The van der Waals surface area contributed by atoms with Crippen molar-refractivity contribution in [3.05, 3.63) is 12.0 Å². The largest absolute Gasteiger partial charge is 0.367 e. The molecule has 0 bridgehead atoms. The van der Waals surface area contributed by atoms with Crippen LogP contribution in [0.1, 0.15) is 50.6 Å². The normalized spacial score (nSPS) is 22.9. The van der Waals surface area contributed by atoms with Crippen LogP contribution in [0.5, 0.6) is 0 Å². The maximum absolute atomic E-state index is 9.35. The molecule has 1 aliphatic heterocycles. The van der Waals surface area contributed by atoms with Crippen LogP contribution in [0.3, 0.4) is 0 Å². The zero-order chi connectivity index (χ0) is 19.5. The van der Waals surface area contributed by atoms with Gasteiger partial charge in [0.15, 0.2) is 20.3 Å². The molecular formula is C17H23N6O3PS. The quantitative estimate of drug-likeness (QED) is 0.577. The number of aromatic nitrogens is 4. The van der Waals surface area contributed by atoms with E-state index in [1.165, 1.54) is 24.6 Å². The van der Waals surface area contributed by atoms with Crippen LogP contribution in [0.2, 0.25) is 0 Å². The maximum atomic E-state index is 9.35.